The monoisotopic (exact) mass is 310 g/mol. The fourth-order valence-electron chi connectivity index (χ4n) is 2.44. The lowest BCUT2D eigenvalue weighted by Crippen LogP contribution is -2.49. The molecule has 1 heterocycles. The van der Waals surface area contributed by atoms with E-state index in [2.05, 4.69) is 5.32 Å². The molecule has 2 amide bonds. The maximum absolute atomic E-state index is 13.6. The zero-order chi connectivity index (χ0) is 15.9. The number of carbonyl (C=O) groups excluding carboxylic acids is 1. The molecule has 122 valence electrons. The van der Waals surface area contributed by atoms with Gasteiger partial charge in [-0.25, -0.2) is 9.18 Å². The Balaban J connectivity index is 1.83. The largest absolute Gasteiger partial charge is 0.486 e. The van der Waals surface area contributed by atoms with Crippen LogP contribution in [-0.4, -0.2) is 47.9 Å². The molecule has 5 nitrogen and oxygen atoms in total. The minimum absolute atomic E-state index is 0.192. The second-order valence-corrected chi connectivity index (χ2v) is 5.51. The summed E-state index contributed by atoms with van der Waals surface area (Å²) in [4.78, 5) is 13.7. The Bertz CT molecular complexity index is 498. The minimum Gasteiger partial charge on any atom is -0.486 e. The van der Waals surface area contributed by atoms with Gasteiger partial charge in [0.25, 0.3) is 0 Å². The van der Waals surface area contributed by atoms with E-state index in [0.29, 0.717) is 26.1 Å². The Morgan fingerprint density at radius 2 is 2.32 bits per heavy atom. The van der Waals surface area contributed by atoms with Crippen molar-refractivity contribution in [3.63, 3.8) is 0 Å². The zero-order valence-electron chi connectivity index (χ0n) is 12.8. The molecule has 0 spiro atoms. The van der Waals surface area contributed by atoms with E-state index in [0.717, 1.165) is 12.8 Å². The lowest BCUT2D eigenvalue weighted by atomic mass is 10.1. The Hall–Kier alpha value is -1.82. The molecular weight excluding hydrogens is 287 g/mol. The van der Waals surface area contributed by atoms with Gasteiger partial charge in [-0.1, -0.05) is 19.1 Å². The van der Waals surface area contributed by atoms with Crippen LogP contribution in [-0.2, 0) is 0 Å². The van der Waals surface area contributed by atoms with Gasteiger partial charge in [0.2, 0.25) is 0 Å². The van der Waals surface area contributed by atoms with Gasteiger partial charge < -0.3 is 20.1 Å². The van der Waals surface area contributed by atoms with Gasteiger partial charge in [-0.2, -0.15) is 0 Å². The van der Waals surface area contributed by atoms with Crippen molar-refractivity contribution in [1.29, 1.82) is 0 Å². The van der Waals surface area contributed by atoms with Crippen molar-refractivity contribution >= 4 is 6.03 Å². The molecule has 2 N–H and O–H groups in total. The van der Waals surface area contributed by atoms with E-state index >= 15 is 0 Å². The molecule has 1 aliphatic rings. The van der Waals surface area contributed by atoms with Crippen LogP contribution >= 0.6 is 0 Å². The van der Waals surface area contributed by atoms with Crippen molar-refractivity contribution in [2.45, 2.75) is 38.4 Å². The first-order valence-corrected chi connectivity index (χ1v) is 7.72. The highest BCUT2D eigenvalue weighted by atomic mass is 19.1. The second kappa shape index (κ2) is 7.98. The number of halogens is 1. The maximum atomic E-state index is 13.6. The summed E-state index contributed by atoms with van der Waals surface area (Å²) >= 11 is 0. The Morgan fingerprint density at radius 1 is 1.55 bits per heavy atom. The molecule has 0 saturated carbocycles. The van der Waals surface area contributed by atoms with E-state index in [1.807, 2.05) is 6.92 Å². The molecule has 1 fully saturated rings. The quantitative estimate of drug-likeness (QED) is 0.876. The van der Waals surface area contributed by atoms with Crippen LogP contribution < -0.4 is 10.1 Å². The third-order valence-electron chi connectivity index (χ3n) is 3.75. The molecule has 0 aromatic heterocycles. The molecule has 6 heteroatoms. The summed E-state index contributed by atoms with van der Waals surface area (Å²) in [6, 6.07) is 6.01. The van der Waals surface area contributed by atoms with Crippen LogP contribution in [0.2, 0.25) is 0 Å². The van der Waals surface area contributed by atoms with Crippen LogP contribution in [0, 0.1) is 5.82 Å². The van der Waals surface area contributed by atoms with Gasteiger partial charge >= 0.3 is 6.03 Å². The fraction of sp³-hybridized carbons (Fsp3) is 0.562. The predicted octanol–water partition coefficient (Wildman–Crippen LogP) is 2.15. The van der Waals surface area contributed by atoms with Crippen LogP contribution in [0.15, 0.2) is 24.3 Å². The first-order chi connectivity index (χ1) is 10.6. The number of ether oxygens (including phenoxy) is 1. The number of aliphatic hydroxyl groups is 1. The van der Waals surface area contributed by atoms with Crippen molar-refractivity contribution in [3.8, 4) is 5.75 Å². The van der Waals surface area contributed by atoms with E-state index in [1.165, 1.54) is 6.07 Å². The van der Waals surface area contributed by atoms with Gasteiger partial charge in [-0.05, 0) is 31.4 Å². The third-order valence-corrected chi connectivity index (χ3v) is 3.75. The zero-order valence-corrected chi connectivity index (χ0v) is 12.8. The number of para-hydroxylation sites is 1. The highest BCUT2D eigenvalue weighted by Crippen LogP contribution is 2.18. The molecule has 1 aromatic rings. The van der Waals surface area contributed by atoms with Gasteiger partial charge in [0.1, 0.15) is 6.10 Å². The first-order valence-electron chi connectivity index (χ1n) is 7.72. The number of piperidine rings is 1. The van der Waals surface area contributed by atoms with Crippen molar-refractivity contribution in [1.82, 2.24) is 10.2 Å². The number of carbonyl (C=O) groups is 1. The number of nitrogens with zero attached hydrogens (tertiary/aromatic N) is 1. The average molecular weight is 310 g/mol. The van der Waals surface area contributed by atoms with Crippen molar-refractivity contribution in [2.24, 2.45) is 0 Å². The Kier molecular flexibility index (Phi) is 6.00. The predicted molar refractivity (Wildman–Crippen MR) is 81.3 cm³/mol. The molecule has 0 radical (unpaired) electrons. The molecule has 0 unspecified atom stereocenters. The number of likely N-dealkylation sites (tertiary alicyclic amines) is 1. The molecule has 2 rings (SSSR count). The number of benzene rings is 1. The number of rotatable bonds is 5. The van der Waals surface area contributed by atoms with E-state index in [-0.39, 0.29) is 17.9 Å². The number of urea groups is 1. The summed E-state index contributed by atoms with van der Waals surface area (Å²) in [7, 11) is 0. The molecule has 1 aromatic carbocycles. The molecule has 0 bridgehead atoms. The number of nitrogens with one attached hydrogen (secondary N) is 1. The van der Waals surface area contributed by atoms with Crippen molar-refractivity contribution in [3.05, 3.63) is 30.1 Å². The standard InChI is InChI=1S/C16H23FN2O3/c1-2-13(22-15-8-4-3-7-14(15)17)10-18-16(21)19-9-5-6-12(20)11-19/h3-4,7-8,12-13,20H,2,5-6,9-11H2,1H3,(H,18,21)/t12-,13-/m0/s1. The number of amides is 2. The SMILES string of the molecule is CC[C@@H](CNC(=O)N1CCC[C@H](O)C1)Oc1ccccc1F. The fourth-order valence-corrected chi connectivity index (χ4v) is 2.44. The number of hydrogen-bond donors (Lipinski definition) is 2. The van der Waals surface area contributed by atoms with E-state index < -0.39 is 11.9 Å². The first kappa shape index (κ1) is 16.5. The topological polar surface area (TPSA) is 61.8 Å². The van der Waals surface area contributed by atoms with Crippen LogP contribution in [0.5, 0.6) is 5.75 Å². The number of hydrogen-bond acceptors (Lipinski definition) is 3. The average Bonchev–Trinajstić information content (AvgIpc) is 2.52. The minimum atomic E-state index is -0.448. The lowest BCUT2D eigenvalue weighted by molar-refractivity contribution is 0.0828. The van der Waals surface area contributed by atoms with Gasteiger partial charge in [0, 0.05) is 13.1 Å². The highest BCUT2D eigenvalue weighted by molar-refractivity contribution is 5.74. The lowest BCUT2D eigenvalue weighted by Gasteiger charge is -2.30. The maximum Gasteiger partial charge on any atom is 0.317 e. The van der Waals surface area contributed by atoms with Crippen LogP contribution in [0.25, 0.3) is 0 Å². The van der Waals surface area contributed by atoms with E-state index in [1.54, 1.807) is 23.1 Å². The summed E-state index contributed by atoms with van der Waals surface area (Å²) in [5.41, 5.74) is 0. The Labute approximate surface area is 130 Å². The molecule has 2 atom stereocenters. The van der Waals surface area contributed by atoms with E-state index in [4.69, 9.17) is 4.74 Å². The molecule has 0 aliphatic carbocycles. The Morgan fingerprint density at radius 3 is 3.00 bits per heavy atom. The molecular formula is C16H23FN2O3. The van der Waals surface area contributed by atoms with Crippen molar-refractivity contribution in [2.75, 3.05) is 19.6 Å². The summed E-state index contributed by atoms with van der Waals surface area (Å²) in [6.07, 6.45) is 1.44. The molecule has 22 heavy (non-hydrogen) atoms. The number of β-amino-alcohol motifs (C(OH)–C–C–N with tert-alkyl or cyclic N) is 1. The van der Waals surface area contributed by atoms with Gasteiger partial charge in [-0.3, -0.25) is 0 Å². The van der Waals surface area contributed by atoms with Gasteiger partial charge in [0.15, 0.2) is 11.6 Å². The third kappa shape index (κ3) is 4.59. The summed E-state index contributed by atoms with van der Waals surface area (Å²) in [5.74, 6) is -0.219. The normalized spacial score (nSPS) is 19.6. The van der Waals surface area contributed by atoms with Crippen LogP contribution in [0.3, 0.4) is 0 Å². The summed E-state index contributed by atoms with van der Waals surface area (Å²) < 4.78 is 19.2. The highest BCUT2D eigenvalue weighted by Gasteiger charge is 2.22. The van der Waals surface area contributed by atoms with E-state index in [9.17, 15) is 14.3 Å². The van der Waals surface area contributed by atoms with Crippen molar-refractivity contribution < 1.29 is 19.0 Å². The smallest absolute Gasteiger partial charge is 0.317 e. The number of aliphatic hydroxyl groups excluding tert-OH is 1. The van der Waals surface area contributed by atoms with Crippen LogP contribution in [0.4, 0.5) is 9.18 Å². The molecule has 1 aliphatic heterocycles. The van der Waals surface area contributed by atoms with Gasteiger partial charge in [0.05, 0.1) is 12.6 Å². The summed E-state index contributed by atoms with van der Waals surface area (Å²) in [5, 5.41) is 12.4. The van der Waals surface area contributed by atoms with Gasteiger partial charge in [-0.15, -0.1) is 0 Å². The van der Waals surface area contributed by atoms with Crippen LogP contribution in [0.1, 0.15) is 26.2 Å². The molecule has 1 saturated heterocycles. The summed E-state index contributed by atoms with van der Waals surface area (Å²) in [6.45, 7) is 3.23. The second-order valence-electron chi connectivity index (χ2n) is 5.51.